The minimum atomic E-state index is -0.840. The molecule has 2 aromatic carbocycles. The van der Waals surface area contributed by atoms with E-state index < -0.39 is 17.6 Å². The van der Waals surface area contributed by atoms with Crippen LogP contribution >= 0.6 is 0 Å². The van der Waals surface area contributed by atoms with E-state index in [1.807, 2.05) is 19.9 Å². The first-order valence-electron chi connectivity index (χ1n) is 7.88. The number of ether oxygens (including phenoxy) is 3. The van der Waals surface area contributed by atoms with Gasteiger partial charge in [0.15, 0.2) is 0 Å². The lowest BCUT2D eigenvalue weighted by Gasteiger charge is -2.38. The summed E-state index contributed by atoms with van der Waals surface area (Å²) in [7, 11) is 1.55. The zero-order valence-corrected chi connectivity index (χ0v) is 14.3. The Balaban J connectivity index is 2.12. The van der Waals surface area contributed by atoms with Crippen molar-refractivity contribution in [3.63, 3.8) is 0 Å². The van der Waals surface area contributed by atoms with Gasteiger partial charge in [0.05, 0.1) is 13.7 Å². The second-order valence-electron chi connectivity index (χ2n) is 6.69. The SMILES string of the molecule is COc1cc2c(cc1-c1ccc(F)cc1)OCC(C)(C)C2OC(N)=O. The predicted octanol–water partition coefficient (Wildman–Crippen LogP) is 4.06. The molecule has 0 saturated carbocycles. The highest BCUT2D eigenvalue weighted by Crippen LogP contribution is 2.48. The molecule has 1 heterocycles. The molecule has 1 amide bonds. The van der Waals surface area contributed by atoms with Crippen LogP contribution in [0.4, 0.5) is 9.18 Å². The van der Waals surface area contributed by atoms with Gasteiger partial charge in [-0.05, 0) is 29.8 Å². The number of benzene rings is 2. The van der Waals surface area contributed by atoms with Crippen LogP contribution in [0.1, 0.15) is 25.5 Å². The number of amides is 1. The first-order chi connectivity index (χ1) is 11.8. The Hall–Kier alpha value is -2.76. The summed E-state index contributed by atoms with van der Waals surface area (Å²) in [5.41, 5.74) is 7.05. The van der Waals surface area contributed by atoms with Crippen molar-refractivity contribution in [1.82, 2.24) is 0 Å². The summed E-state index contributed by atoms with van der Waals surface area (Å²) in [6, 6.07) is 9.71. The molecule has 2 N–H and O–H groups in total. The van der Waals surface area contributed by atoms with Crippen molar-refractivity contribution < 1.29 is 23.4 Å². The summed E-state index contributed by atoms with van der Waals surface area (Å²) in [4.78, 5) is 11.3. The molecule has 0 radical (unpaired) electrons. The molecule has 0 bridgehead atoms. The van der Waals surface area contributed by atoms with Gasteiger partial charge in [0.2, 0.25) is 0 Å². The van der Waals surface area contributed by atoms with E-state index in [0.717, 1.165) is 11.1 Å². The molecule has 0 fully saturated rings. The molecule has 0 saturated heterocycles. The standard InChI is InChI=1S/C19H20FNO4/c1-19(2)10-24-16-8-13(11-4-6-12(20)7-5-11)15(23-3)9-14(16)17(19)25-18(21)22/h4-9,17H,10H2,1-3H3,(H2,21,22). The highest BCUT2D eigenvalue weighted by atomic mass is 19.1. The first kappa shape index (κ1) is 17.1. The fraction of sp³-hybridized carbons (Fsp3) is 0.316. The molecule has 0 aliphatic carbocycles. The lowest BCUT2D eigenvalue weighted by molar-refractivity contribution is -0.0177. The third-order valence-corrected chi connectivity index (χ3v) is 4.31. The first-order valence-corrected chi connectivity index (χ1v) is 7.88. The highest BCUT2D eigenvalue weighted by molar-refractivity contribution is 5.74. The van der Waals surface area contributed by atoms with Gasteiger partial charge in [-0.15, -0.1) is 0 Å². The number of carbonyl (C=O) groups is 1. The van der Waals surface area contributed by atoms with Crippen molar-refractivity contribution in [3.05, 3.63) is 47.8 Å². The van der Waals surface area contributed by atoms with E-state index in [4.69, 9.17) is 19.9 Å². The maximum absolute atomic E-state index is 13.2. The number of rotatable bonds is 3. The second kappa shape index (κ2) is 6.27. The Bertz CT molecular complexity index is 802. The van der Waals surface area contributed by atoms with Gasteiger partial charge in [-0.1, -0.05) is 26.0 Å². The predicted molar refractivity (Wildman–Crippen MR) is 91.1 cm³/mol. The van der Waals surface area contributed by atoms with Crippen LogP contribution in [0.5, 0.6) is 11.5 Å². The zero-order valence-electron chi connectivity index (χ0n) is 14.3. The highest BCUT2D eigenvalue weighted by Gasteiger charge is 2.41. The van der Waals surface area contributed by atoms with Crippen LogP contribution in [-0.2, 0) is 4.74 Å². The summed E-state index contributed by atoms with van der Waals surface area (Å²) < 4.78 is 29.9. The summed E-state index contributed by atoms with van der Waals surface area (Å²) in [5, 5.41) is 0. The molecule has 0 spiro atoms. The van der Waals surface area contributed by atoms with Gasteiger partial charge >= 0.3 is 6.09 Å². The Morgan fingerprint density at radius 1 is 1.28 bits per heavy atom. The van der Waals surface area contributed by atoms with Crippen molar-refractivity contribution in [3.8, 4) is 22.6 Å². The summed E-state index contributed by atoms with van der Waals surface area (Å²) in [6.45, 7) is 4.24. The van der Waals surface area contributed by atoms with Gasteiger partial charge in [-0.25, -0.2) is 9.18 Å². The molecule has 3 rings (SSSR count). The molecule has 132 valence electrons. The lowest BCUT2D eigenvalue weighted by atomic mass is 9.80. The Kier molecular flexibility index (Phi) is 4.29. The third-order valence-electron chi connectivity index (χ3n) is 4.31. The Labute approximate surface area is 145 Å². The molecule has 5 nitrogen and oxygen atoms in total. The van der Waals surface area contributed by atoms with Crippen molar-refractivity contribution in [2.75, 3.05) is 13.7 Å². The number of fused-ring (bicyclic) bond motifs is 1. The average Bonchev–Trinajstić information content (AvgIpc) is 2.57. The van der Waals surface area contributed by atoms with Crippen molar-refractivity contribution in [2.24, 2.45) is 11.1 Å². The number of hydrogen-bond acceptors (Lipinski definition) is 4. The molecule has 2 aromatic rings. The number of primary amides is 1. The van der Waals surface area contributed by atoms with E-state index in [1.54, 1.807) is 25.3 Å². The molecular formula is C19H20FNO4. The molecule has 1 atom stereocenters. The van der Waals surface area contributed by atoms with Crippen molar-refractivity contribution in [1.29, 1.82) is 0 Å². The van der Waals surface area contributed by atoms with E-state index in [-0.39, 0.29) is 5.82 Å². The molecule has 1 unspecified atom stereocenters. The summed E-state index contributed by atoms with van der Waals surface area (Å²) >= 11 is 0. The van der Waals surface area contributed by atoms with Crippen LogP contribution < -0.4 is 15.2 Å². The number of halogens is 1. The van der Waals surface area contributed by atoms with Crippen LogP contribution in [0.2, 0.25) is 0 Å². The van der Waals surface area contributed by atoms with Gasteiger partial charge in [-0.3, -0.25) is 0 Å². The maximum atomic E-state index is 13.2. The molecule has 1 aliphatic rings. The van der Waals surface area contributed by atoms with Crippen LogP contribution in [0.15, 0.2) is 36.4 Å². The molecule has 1 aliphatic heterocycles. The van der Waals surface area contributed by atoms with E-state index in [2.05, 4.69) is 0 Å². The van der Waals surface area contributed by atoms with Crippen LogP contribution in [0.3, 0.4) is 0 Å². The second-order valence-corrected chi connectivity index (χ2v) is 6.69. The third kappa shape index (κ3) is 3.24. The van der Waals surface area contributed by atoms with Crippen LogP contribution in [0.25, 0.3) is 11.1 Å². The average molecular weight is 345 g/mol. The maximum Gasteiger partial charge on any atom is 0.405 e. The minimum Gasteiger partial charge on any atom is -0.496 e. The smallest absolute Gasteiger partial charge is 0.405 e. The number of methoxy groups -OCH3 is 1. The van der Waals surface area contributed by atoms with E-state index in [9.17, 15) is 9.18 Å². The molecule has 25 heavy (non-hydrogen) atoms. The van der Waals surface area contributed by atoms with Gasteiger partial charge in [0.25, 0.3) is 0 Å². The summed E-state index contributed by atoms with van der Waals surface area (Å²) in [6.07, 6.45) is -1.39. The number of carbonyl (C=O) groups excluding carboxylic acids is 1. The van der Waals surface area contributed by atoms with Crippen LogP contribution in [0, 0.1) is 11.2 Å². The number of nitrogens with two attached hydrogens (primary N) is 1. The van der Waals surface area contributed by atoms with Gasteiger partial charge in [0.1, 0.15) is 23.4 Å². The molecular weight excluding hydrogens is 325 g/mol. The lowest BCUT2D eigenvalue weighted by Crippen LogP contribution is -2.37. The summed E-state index contributed by atoms with van der Waals surface area (Å²) in [5.74, 6) is 0.851. The quantitative estimate of drug-likeness (QED) is 0.911. The van der Waals surface area contributed by atoms with Crippen LogP contribution in [-0.4, -0.2) is 19.8 Å². The number of hydrogen-bond donors (Lipinski definition) is 1. The molecule has 0 aromatic heterocycles. The Morgan fingerprint density at radius 3 is 2.56 bits per heavy atom. The monoisotopic (exact) mass is 345 g/mol. The Morgan fingerprint density at radius 2 is 1.96 bits per heavy atom. The van der Waals surface area contributed by atoms with Gasteiger partial charge in [0, 0.05) is 16.5 Å². The van der Waals surface area contributed by atoms with Gasteiger partial charge < -0.3 is 19.9 Å². The minimum absolute atomic E-state index is 0.311. The van der Waals surface area contributed by atoms with E-state index in [0.29, 0.717) is 23.7 Å². The topological polar surface area (TPSA) is 70.8 Å². The molecule has 6 heteroatoms. The largest absolute Gasteiger partial charge is 0.496 e. The van der Waals surface area contributed by atoms with E-state index in [1.165, 1.54) is 12.1 Å². The normalized spacial score (nSPS) is 18.0. The fourth-order valence-electron chi connectivity index (χ4n) is 3.03. The van der Waals surface area contributed by atoms with Gasteiger partial charge in [-0.2, -0.15) is 0 Å². The zero-order chi connectivity index (χ0) is 18.2. The van der Waals surface area contributed by atoms with Crippen molar-refractivity contribution >= 4 is 6.09 Å². The van der Waals surface area contributed by atoms with E-state index >= 15 is 0 Å². The van der Waals surface area contributed by atoms with Crippen molar-refractivity contribution in [2.45, 2.75) is 20.0 Å². The fourth-order valence-corrected chi connectivity index (χ4v) is 3.03.